The number of nitrogens with zero attached hydrogens (tertiary/aromatic N) is 3. The van der Waals surface area contributed by atoms with Gasteiger partial charge in [-0.2, -0.15) is 0 Å². The lowest BCUT2D eigenvalue weighted by Gasteiger charge is -2.11. The third-order valence-electron chi connectivity index (χ3n) is 3.65. The van der Waals surface area contributed by atoms with Gasteiger partial charge in [-0.05, 0) is 24.8 Å². The second-order valence-electron chi connectivity index (χ2n) is 5.20. The third kappa shape index (κ3) is 3.37. The van der Waals surface area contributed by atoms with E-state index in [-0.39, 0.29) is 5.91 Å². The number of amides is 1. The van der Waals surface area contributed by atoms with Crippen LogP contribution in [0.5, 0.6) is 0 Å². The van der Waals surface area contributed by atoms with Gasteiger partial charge in [-0.1, -0.05) is 18.2 Å². The highest BCUT2D eigenvalue weighted by Crippen LogP contribution is 2.20. The molecule has 0 fully saturated rings. The molecule has 1 aliphatic rings. The predicted octanol–water partition coefficient (Wildman–Crippen LogP) is 2.24. The number of imidazole rings is 1. The van der Waals surface area contributed by atoms with Gasteiger partial charge in [-0.25, -0.2) is 9.97 Å². The van der Waals surface area contributed by atoms with Gasteiger partial charge in [-0.15, -0.1) is 0 Å². The van der Waals surface area contributed by atoms with Crippen molar-refractivity contribution < 1.29 is 4.79 Å². The first-order valence-corrected chi connectivity index (χ1v) is 7.18. The number of hydrogen-bond donors (Lipinski definition) is 1. The average molecular weight is 282 g/mol. The van der Waals surface area contributed by atoms with E-state index in [0.29, 0.717) is 18.9 Å². The largest absolute Gasteiger partial charge is 0.352 e. The van der Waals surface area contributed by atoms with Crippen LogP contribution in [0.3, 0.4) is 0 Å². The number of rotatable bonds is 5. The number of aromatic nitrogens is 3. The summed E-state index contributed by atoms with van der Waals surface area (Å²) >= 11 is 0. The maximum atomic E-state index is 12.0. The molecule has 2 aromatic rings. The van der Waals surface area contributed by atoms with Gasteiger partial charge in [-0.3, -0.25) is 9.36 Å². The third-order valence-corrected chi connectivity index (χ3v) is 3.65. The molecule has 0 unspecified atom stereocenters. The Bertz CT molecular complexity index is 633. The number of nitrogens with one attached hydrogen (secondary N) is 1. The zero-order valence-corrected chi connectivity index (χ0v) is 11.8. The van der Waals surface area contributed by atoms with Crippen LogP contribution < -0.4 is 5.32 Å². The van der Waals surface area contributed by atoms with Crippen molar-refractivity contribution in [1.82, 2.24) is 19.9 Å². The predicted molar refractivity (Wildman–Crippen MR) is 79.7 cm³/mol. The fraction of sp³-hybridized carbons (Fsp3) is 0.312. The maximum absolute atomic E-state index is 12.0. The summed E-state index contributed by atoms with van der Waals surface area (Å²) in [6.45, 7) is 0.483. The van der Waals surface area contributed by atoms with E-state index >= 15 is 0 Å². The molecule has 21 heavy (non-hydrogen) atoms. The molecule has 0 aromatic carbocycles. The van der Waals surface area contributed by atoms with E-state index < -0.39 is 0 Å². The van der Waals surface area contributed by atoms with E-state index in [1.165, 1.54) is 0 Å². The molecule has 1 amide bonds. The lowest BCUT2D eigenvalue weighted by Crippen LogP contribution is -2.25. The van der Waals surface area contributed by atoms with Crippen LogP contribution in [0.15, 0.2) is 49.2 Å². The Morgan fingerprint density at radius 1 is 1.43 bits per heavy atom. The summed E-state index contributed by atoms with van der Waals surface area (Å²) in [5.74, 6) is 1.29. The van der Waals surface area contributed by atoms with E-state index in [1.807, 2.05) is 22.9 Å². The fourth-order valence-corrected chi connectivity index (χ4v) is 2.55. The minimum absolute atomic E-state index is 0.0898. The van der Waals surface area contributed by atoms with E-state index in [0.717, 1.165) is 24.2 Å². The van der Waals surface area contributed by atoms with Crippen LogP contribution in [-0.2, 0) is 11.3 Å². The number of carbonyl (C=O) groups is 1. The van der Waals surface area contributed by atoms with Gasteiger partial charge in [0.25, 0.3) is 0 Å². The van der Waals surface area contributed by atoms with Crippen LogP contribution in [0, 0.1) is 5.92 Å². The first-order valence-electron chi connectivity index (χ1n) is 7.18. The van der Waals surface area contributed by atoms with Gasteiger partial charge in [0.2, 0.25) is 5.91 Å². The fourth-order valence-electron chi connectivity index (χ4n) is 2.55. The minimum Gasteiger partial charge on any atom is -0.352 e. The van der Waals surface area contributed by atoms with Crippen molar-refractivity contribution in [3.63, 3.8) is 0 Å². The molecule has 1 N–H and O–H groups in total. The van der Waals surface area contributed by atoms with Gasteiger partial charge in [0.1, 0.15) is 12.1 Å². The summed E-state index contributed by atoms with van der Waals surface area (Å²) in [5.41, 5.74) is 0.978. The van der Waals surface area contributed by atoms with Gasteiger partial charge in [0.15, 0.2) is 0 Å². The molecule has 1 aliphatic carbocycles. The molecule has 1 atom stereocenters. The molecule has 5 nitrogen and oxygen atoms in total. The van der Waals surface area contributed by atoms with Gasteiger partial charge < -0.3 is 5.32 Å². The number of carbonyl (C=O) groups excluding carboxylic acids is 1. The van der Waals surface area contributed by atoms with E-state index in [9.17, 15) is 4.79 Å². The molecule has 0 saturated carbocycles. The maximum Gasteiger partial charge on any atom is 0.220 e. The Morgan fingerprint density at radius 3 is 3.14 bits per heavy atom. The molecule has 0 saturated heterocycles. The van der Waals surface area contributed by atoms with Crippen molar-refractivity contribution in [2.45, 2.75) is 25.8 Å². The summed E-state index contributed by atoms with van der Waals surface area (Å²) in [5, 5.41) is 2.98. The lowest BCUT2D eigenvalue weighted by molar-refractivity contribution is -0.121. The molecule has 108 valence electrons. The second kappa shape index (κ2) is 6.35. The molecular formula is C16H18N4O. The smallest absolute Gasteiger partial charge is 0.220 e. The standard InChI is InChI=1S/C16H18N4O/c21-15(10-13-4-1-2-5-13)19-11-14-6-3-7-18-16(14)20-9-8-17-12-20/h1,3-4,6-9,12-13H,2,5,10-11H2,(H,19,21)/t13-/m1/s1. The highest BCUT2D eigenvalue weighted by atomic mass is 16.1. The second-order valence-corrected chi connectivity index (χ2v) is 5.20. The van der Waals surface area contributed by atoms with Crippen molar-refractivity contribution in [3.8, 4) is 5.82 Å². The van der Waals surface area contributed by atoms with E-state index in [2.05, 4.69) is 27.4 Å². The van der Waals surface area contributed by atoms with Crippen molar-refractivity contribution in [2.75, 3.05) is 0 Å². The van der Waals surface area contributed by atoms with Crippen molar-refractivity contribution in [3.05, 3.63) is 54.8 Å². The zero-order chi connectivity index (χ0) is 14.5. The highest BCUT2D eigenvalue weighted by molar-refractivity contribution is 5.76. The average Bonchev–Trinajstić information content (AvgIpc) is 3.18. The Kier molecular flexibility index (Phi) is 4.09. The van der Waals surface area contributed by atoms with Crippen LogP contribution >= 0.6 is 0 Å². The molecule has 0 aliphatic heterocycles. The quantitative estimate of drug-likeness (QED) is 0.856. The van der Waals surface area contributed by atoms with E-state index in [1.54, 1.807) is 18.7 Å². The highest BCUT2D eigenvalue weighted by Gasteiger charge is 2.14. The van der Waals surface area contributed by atoms with E-state index in [4.69, 9.17) is 0 Å². The monoisotopic (exact) mass is 282 g/mol. The molecule has 0 spiro atoms. The summed E-state index contributed by atoms with van der Waals surface area (Å²) in [4.78, 5) is 20.4. The number of allylic oxidation sites excluding steroid dienone is 2. The first-order chi connectivity index (χ1) is 10.3. The molecule has 3 rings (SSSR count). The molecule has 2 heterocycles. The van der Waals surface area contributed by atoms with Crippen molar-refractivity contribution >= 4 is 5.91 Å². The summed E-state index contributed by atoms with van der Waals surface area (Å²) in [6, 6.07) is 3.85. The number of pyridine rings is 1. The summed E-state index contributed by atoms with van der Waals surface area (Å²) in [7, 11) is 0. The minimum atomic E-state index is 0.0898. The molecule has 0 radical (unpaired) electrons. The van der Waals surface area contributed by atoms with Gasteiger partial charge in [0, 0.05) is 37.1 Å². The Hall–Kier alpha value is -2.43. The lowest BCUT2D eigenvalue weighted by atomic mass is 10.1. The Morgan fingerprint density at radius 2 is 2.38 bits per heavy atom. The van der Waals surface area contributed by atoms with Crippen LogP contribution in [0.2, 0.25) is 0 Å². The normalized spacial score (nSPS) is 17.0. The Balaban J connectivity index is 1.62. The summed E-state index contributed by atoms with van der Waals surface area (Å²) in [6.07, 6.45) is 14.0. The van der Waals surface area contributed by atoms with Gasteiger partial charge >= 0.3 is 0 Å². The summed E-state index contributed by atoms with van der Waals surface area (Å²) < 4.78 is 1.85. The van der Waals surface area contributed by atoms with Crippen molar-refractivity contribution in [2.24, 2.45) is 5.92 Å². The van der Waals surface area contributed by atoms with Crippen LogP contribution in [0.1, 0.15) is 24.8 Å². The first kappa shape index (κ1) is 13.5. The SMILES string of the molecule is O=C(C[C@@H]1C=CCC1)NCc1cccnc1-n1ccnc1. The Labute approximate surface area is 123 Å². The van der Waals surface area contributed by atoms with Crippen LogP contribution in [-0.4, -0.2) is 20.4 Å². The number of hydrogen-bond acceptors (Lipinski definition) is 3. The topological polar surface area (TPSA) is 59.8 Å². The van der Waals surface area contributed by atoms with Crippen molar-refractivity contribution in [1.29, 1.82) is 0 Å². The zero-order valence-electron chi connectivity index (χ0n) is 11.8. The molecule has 5 heteroatoms. The molecular weight excluding hydrogens is 264 g/mol. The van der Waals surface area contributed by atoms with Gasteiger partial charge in [0.05, 0.1) is 0 Å². The molecule has 0 bridgehead atoms. The van der Waals surface area contributed by atoms with Crippen LogP contribution in [0.25, 0.3) is 5.82 Å². The van der Waals surface area contributed by atoms with Crippen LogP contribution in [0.4, 0.5) is 0 Å². The molecule has 2 aromatic heterocycles.